The summed E-state index contributed by atoms with van der Waals surface area (Å²) in [7, 11) is 1.92. The molecule has 2 aliphatic rings. The van der Waals surface area contributed by atoms with E-state index in [2.05, 4.69) is 35.7 Å². The van der Waals surface area contributed by atoms with Crippen molar-refractivity contribution in [2.75, 3.05) is 7.05 Å². The lowest BCUT2D eigenvalue weighted by Crippen LogP contribution is -2.15. The quantitative estimate of drug-likeness (QED) is 0.725. The van der Waals surface area contributed by atoms with Crippen LogP contribution in [-0.2, 0) is 0 Å². The Labute approximate surface area is 109 Å². The molecular formula is C16H20N2. The van der Waals surface area contributed by atoms with Crippen molar-refractivity contribution in [2.45, 2.75) is 19.3 Å². The standard InChI is InChI=1S/C16H20N2/c1-18-16(14-10-6-3-7-11-14)12-15(17)13-8-4-2-5-9-13/h2,4-6,8,10-13,17-18H,3,7,9H2,1H3/b16-12-,17-15?. The van der Waals surface area contributed by atoms with Gasteiger partial charge in [0.15, 0.2) is 0 Å². The van der Waals surface area contributed by atoms with Gasteiger partial charge in [0.25, 0.3) is 0 Å². The molecule has 0 spiro atoms. The molecule has 0 aliphatic heterocycles. The maximum atomic E-state index is 8.18. The van der Waals surface area contributed by atoms with Crippen molar-refractivity contribution in [3.05, 3.63) is 59.9 Å². The smallest absolute Gasteiger partial charge is 0.0426 e. The second-order valence-corrected chi connectivity index (χ2v) is 4.56. The first-order chi connectivity index (χ1) is 8.81. The average molecular weight is 240 g/mol. The molecule has 2 nitrogen and oxygen atoms in total. The molecule has 0 fully saturated rings. The summed E-state index contributed by atoms with van der Waals surface area (Å²) in [6, 6.07) is 0. The second kappa shape index (κ2) is 6.20. The molecule has 18 heavy (non-hydrogen) atoms. The third kappa shape index (κ3) is 3.10. The van der Waals surface area contributed by atoms with Gasteiger partial charge in [0.1, 0.15) is 0 Å². The number of hydrogen-bond acceptors (Lipinski definition) is 2. The van der Waals surface area contributed by atoms with Crippen molar-refractivity contribution in [1.29, 1.82) is 5.41 Å². The molecule has 1 atom stereocenters. The molecular weight excluding hydrogens is 220 g/mol. The zero-order chi connectivity index (χ0) is 12.8. The number of allylic oxidation sites excluding steroid dienone is 8. The van der Waals surface area contributed by atoms with Gasteiger partial charge in [-0.2, -0.15) is 0 Å². The largest absolute Gasteiger partial charge is 0.388 e. The van der Waals surface area contributed by atoms with E-state index in [1.165, 1.54) is 5.57 Å². The maximum Gasteiger partial charge on any atom is 0.0426 e. The highest BCUT2D eigenvalue weighted by Crippen LogP contribution is 2.19. The molecule has 0 radical (unpaired) electrons. The predicted octanol–water partition coefficient (Wildman–Crippen LogP) is 3.52. The second-order valence-electron chi connectivity index (χ2n) is 4.56. The minimum atomic E-state index is 0.214. The van der Waals surface area contributed by atoms with Gasteiger partial charge in [0, 0.05) is 24.4 Å². The minimum absolute atomic E-state index is 0.214. The SMILES string of the molecule is CN/C(=C\C(=N)C1C=CC=CC1)C1=CCCC=C1. The molecule has 0 aromatic rings. The fraction of sp³-hybridized carbons (Fsp3) is 0.312. The zero-order valence-corrected chi connectivity index (χ0v) is 10.8. The van der Waals surface area contributed by atoms with E-state index in [9.17, 15) is 0 Å². The van der Waals surface area contributed by atoms with E-state index in [0.717, 1.165) is 25.0 Å². The maximum absolute atomic E-state index is 8.18. The van der Waals surface area contributed by atoms with Gasteiger partial charge in [-0.15, -0.1) is 0 Å². The average Bonchev–Trinajstić information content (AvgIpc) is 2.46. The van der Waals surface area contributed by atoms with Crippen molar-refractivity contribution in [3.63, 3.8) is 0 Å². The number of likely N-dealkylation sites (N-methyl/N-ethyl adjacent to an activating group) is 1. The normalized spacial score (nSPS) is 22.8. The van der Waals surface area contributed by atoms with Crippen LogP contribution in [0.4, 0.5) is 0 Å². The van der Waals surface area contributed by atoms with Gasteiger partial charge in [-0.3, -0.25) is 0 Å². The third-order valence-electron chi connectivity index (χ3n) is 3.26. The van der Waals surface area contributed by atoms with E-state index in [4.69, 9.17) is 5.41 Å². The summed E-state index contributed by atoms with van der Waals surface area (Å²) in [5, 5.41) is 11.4. The Morgan fingerprint density at radius 1 is 1.33 bits per heavy atom. The Balaban J connectivity index is 2.11. The highest BCUT2D eigenvalue weighted by atomic mass is 14.8. The van der Waals surface area contributed by atoms with Gasteiger partial charge < -0.3 is 10.7 Å². The highest BCUT2D eigenvalue weighted by Gasteiger charge is 2.11. The molecule has 2 aliphatic carbocycles. The molecule has 2 heteroatoms. The van der Waals surface area contributed by atoms with Crippen LogP contribution in [0.1, 0.15) is 19.3 Å². The van der Waals surface area contributed by atoms with E-state index >= 15 is 0 Å². The van der Waals surface area contributed by atoms with Crippen LogP contribution in [0, 0.1) is 11.3 Å². The molecule has 0 saturated heterocycles. The van der Waals surface area contributed by atoms with Crippen LogP contribution in [0.2, 0.25) is 0 Å². The van der Waals surface area contributed by atoms with Crippen LogP contribution in [0.3, 0.4) is 0 Å². The summed E-state index contributed by atoms with van der Waals surface area (Å²) >= 11 is 0. The molecule has 2 N–H and O–H groups in total. The van der Waals surface area contributed by atoms with Gasteiger partial charge in [0.2, 0.25) is 0 Å². The summed E-state index contributed by atoms with van der Waals surface area (Å²) in [6.45, 7) is 0. The van der Waals surface area contributed by atoms with Crippen molar-refractivity contribution in [3.8, 4) is 0 Å². The molecule has 0 aromatic carbocycles. The van der Waals surface area contributed by atoms with Gasteiger partial charge in [0.05, 0.1) is 0 Å². The van der Waals surface area contributed by atoms with Crippen LogP contribution < -0.4 is 5.32 Å². The summed E-state index contributed by atoms with van der Waals surface area (Å²) in [6.07, 6.45) is 19.9. The van der Waals surface area contributed by atoms with E-state index in [0.29, 0.717) is 5.71 Å². The summed E-state index contributed by atoms with van der Waals surface area (Å²) in [4.78, 5) is 0. The first-order valence-electron chi connectivity index (χ1n) is 6.49. The minimum Gasteiger partial charge on any atom is -0.388 e. The highest BCUT2D eigenvalue weighted by molar-refractivity contribution is 5.96. The van der Waals surface area contributed by atoms with E-state index in [-0.39, 0.29) is 5.92 Å². The topological polar surface area (TPSA) is 35.9 Å². The van der Waals surface area contributed by atoms with Gasteiger partial charge >= 0.3 is 0 Å². The lowest BCUT2D eigenvalue weighted by atomic mass is 9.93. The van der Waals surface area contributed by atoms with E-state index in [1.54, 1.807) is 0 Å². The van der Waals surface area contributed by atoms with Crippen LogP contribution in [-0.4, -0.2) is 12.8 Å². The zero-order valence-electron chi connectivity index (χ0n) is 10.8. The number of rotatable bonds is 4. The number of hydrogen-bond donors (Lipinski definition) is 2. The van der Waals surface area contributed by atoms with Gasteiger partial charge in [-0.25, -0.2) is 0 Å². The van der Waals surface area contributed by atoms with Crippen LogP contribution in [0.5, 0.6) is 0 Å². The monoisotopic (exact) mass is 240 g/mol. The fourth-order valence-corrected chi connectivity index (χ4v) is 2.19. The molecule has 0 aromatic heterocycles. The summed E-state index contributed by atoms with van der Waals surface area (Å²) < 4.78 is 0. The summed E-state index contributed by atoms with van der Waals surface area (Å²) in [5.41, 5.74) is 2.91. The molecule has 0 heterocycles. The van der Waals surface area contributed by atoms with Crippen molar-refractivity contribution in [2.24, 2.45) is 5.92 Å². The molecule has 0 amide bonds. The predicted molar refractivity (Wildman–Crippen MR) is 77.7 cm³/mol. The summed E-state index contributed by atoms with van der Waals surface area (Å²) in [5.74, 6) is 0.214. The fourth-order valence-electron chi connectivity index (χ4n) is 2.19. The lowest BCUT2D eigenvalue weighted by Gasteiger charge is -2.15. The van der Waals surface area contributed by atoms with Crippen LogP contribution in [0.15, 0.2) is 59.9 Å². The first kappa shape index (κ1) is 12.6. The van der Waals surface area contributed by atoms with Crippen molar-refractivity contribution < 1.29 is 0 Å². The Hall–Kier alpha value is -1.83. The van der Waals surface area contributed by atoms with Gasteiger partial charge in [-0.05, 0) is 30.9 Å². The van der Waals surface area contributed by atoms with Crippen LogP contribution in [0.25, 0.3) is 0 Å². The molecule has 2 rings (SSSR count). The number of nitrogens with one attached hydrogen (secondary N) is 2. The Bertz CT molecular complexity index is 461. The van der Waals surface area contributed by atoms with E-state index < -0.39 is 0 Å². The molecule has 0 saturated carbocycles. The Kier molecular flexibility index (Phi) is 4.35. The lowest BCUT2D eigenvalue weighted by molar-refractivity contribution is 0.863. The van der Waals surface area contributed by atoms with Crippen molar-refractivity contribution in [1.82, 2.24) is 5.32 Å². The van der Waals surface area contributed by atoms with E-state index in [1.807, 2.05) is 25.3 Å². The Morgan fingerprint density at radius 2 is 2.22 bits per heavy atom. The Morgan fingerprint density at radius 3 is 2.83 bits per heavy atom. The third-order valence-corrected chi connectivity index (χ3v) is 3.26. The molecule has 1 unspecified atom stereocenters. The molecule has 0 bridgehead atoms. The van der Waals surface area contributed by atoms with Crippen LogP contribution >= 0.6 is 0 Å². The van der Waals surface area contributed by atoms with Gasteiger partial charge in [-0.1, -0.05) is 42.5 Å². The molecule has 94 valence electrons. The van der Waals surface area contributed by atoms with Crippen molar-refractivity contribution >= 4 is 5.71 Å². The first-order valence-corrected chi connectivity index (χ1v) is 6.49.